The van der Waals surface area contributed by atoms with Gasteiger partial charge in [0.05, 0.1) is 6.10 Å². The lowest BCUT2D eigenvalue weighted by molar-refractivity contribution is 0.0497. The van der Waals surface area contributed by atoms with E-state index in [-0.39, 0.29) is 17.9 Å². The van der Waals surface area contributed by atoms with Crippen molar-refractivity contribution in [1.82, 2.24) is 9.97 Å². The predicted molar refractivity (Wildman–Crippen MR) is 56.3 cm³/mol. The number of ether oxygens (including phenoxy) is 1. The molecule has 5 heteroatoms. The maximum Gasteiger partial charge on any atom is 0.354 e. The van der Waals surface area contributed by atoms with Gasteiger partial charge >= 0.3 is 5.97 Å². The van der Waals surface area contributed by atoms with E-state index in [2.05, 4.69) is 9.97 Å². The molecule has 86 valence electrons. The highest BCUT2D eigenvalue weighted by molar-refractivity contribution is 5.86. The van der Waals surface area contributed by atoms with Gasteiger partial charge in [0.2, 0.25) is 0 Å². The first-order chi connectivity index (χ1) is 7.58. The number of carboxylic acid groups (broad SMARTS) is 1. The van der Waals surface area contributed by atoms with Crippen molar-refractivity contribution in [3.8, 4) is 0 Å². The first kappa shape index (κ1) is 11.0. The molecule has 1 saturated heterocycles. The van der Waals surface area contributed by atoms with Gasteiger partial charge in [-0.1, -0.05) is 0 Å². The van der Waals surface area contributed by atoms with Crippen LogP contribution in [-0.4, -0.2) is 27.1 Å². The summed E-state index contributed by atoms with van der Waals surface area (Å²) in [7, 11) is 0. The standard InChI is InChI=1S/C11H14N2O3/c1-6-5-12-10(13-9(6)11(14)15)8-4-3-7(2)16-8/h5,7-8H,3-4H2,1-2H3,(H,14,15). The Hall–Kier alpha value is -1.49. The van der Waals surface area contributed by atoms with Crippen molar-refractivity contribution in [2.24, 2.45) is 0 Å². The Bertz CT molecular complexity index is 420. The summed E-state index contributed by atoms with van der Waals surface area (Å²) < 4.78 is 5.60. The van der Waals surface area contributed by atoms with Crippen molar-refractivity contribution in [3.63, 3.8) is 0 Å². The summed E-state index contributed by atoms with van der Waals surface area (Å²) in [5.41, 5.74) is 0.635. The van der Waals surface area contributed by atoms with E-state index >= 15 is 0 Å². The van der Waals surface area contributed by atoms with Crippen LogP contribution in [0.2, 0.25) is 0 Å². The largest absolute Gasteiger partial charge is 0.477 e. The third kappa shape index (κ3) is 2.04. The average molecular weight is 222 g/mol. The molecule has 16 heavy (non-hydrogen) atoms. The molecule has 1 aromatic rings. The number of carbonyl (C=O) groups is 1. The number of nitrogens with zero attached hydrogens (tertiary/aromatic N) is 2. The first-order valence-electron chi connectivity index (χ1n) is 5.30. The highest BCUT2D eigenvalue weighted by atomic mass is 16.5. The van der Waals surface area contributed by atoms with Crippen LogP contribution in [0.15, 0.2) is 6.20 Å². The molecule has 1 fully saturated rings. The molecule has 2 heterocycles. The second-order valence-electron chi connectivity index (χ2n) is 4.08. The quantitative estimate of drug-likeness (QED) is 0.824. The molecule has 5 nitrogen and oxygen atoms in total. The number of aromatic nitrogens is 2. The number of rotatable bonds is 2. The Balaban J connectivity index is 2.29. The number of aromatic carboxylic acids is 1. The third-order valence-electron chi connectivity index (χ3n) is 2.71. The molecule has 1 aliphatic heterocycles. The van der Waals surface area contributed by atoms with Gasteiger partial charge in [-0.3, -0.25) is 0 Å². The van der Waals surface area contributed by atoms with E-state index in [1.807, 2.05) is 6.92 Å². The Labute approximate surface area is 93.5 Å². The summed E-state index contributed by atoms with van der Waals surface area (Å²) in [6.07, 6.45) is 3.39. The molecular weight excluding hydrogens is 208 g/mol. The zero-order chi connectivity index (χ0) is 11.7. The molecule has 2 unspecified atom stereocenters. The minimum Gasteiger partial charge on any atom is -0.477 e. The van der Waals surface area contributed by atoms with Gasteiger partial charge in [-0.25, -0.2) is 14.8 Å². The number of hydrogen-bond donors (Lipinski definition) is 1. The van der Waals surface area contributed by atoms with Crippen molar-refractivity contribution < 1.29 is 14.6 Å². The van der Waals surface area contributed by atoms with Crippen LogP contribution in [0.5, 0.6) is 0 Å². The Kier molecular flexibility index (Phi) is 2.87. The van der Waals surface area contributed by atoms with Crippen molar-refractivity contribution in [2.45, 2.75) is 38.9 Å². The molecule has 0 aliphatic carbocycles. The van der Waals surface area contributed by atoms with Crippen molar-refractivity contribution in [2.75, 3.05) is 0 Å². The second kappa shape index (κ2) is 4.17. The molecule has 2 atom stereocenters. The van der Waals surface area contributed by atoms with E-state index < -0.39 is 5.97 Å². The molecule has 0 aromatic carbocycles. The molecule has 0 spiro atoms. The van der Waals surface area contributed by atoms with Crippen molar-refractivity contribution in [1.29, 1.82) is 0 Å². The van der Waals surface area contributed by atoms with Crippen LogP contribution >= 0.6 is 0 Å². The van der Waals surface area contributed by atoms with Gasteiger partial charge in [0.15, 0.2) is 11.5 Å². The number of aryl methyl sites for hydroxylation is 1. The summed E-state index contributed by atoms with van der Waals surface area (Å²) >= 11 is 0. The van der Waals surface area contributed by atoms with Gasteiger partial charge in [-0.05, 0) is 26.7 Å². The van der Waals surface area contributed by atoms with E-state index in [1.54, 1.807) is 6.92 Å². The van der Waals surface area contributed by atoms with Crippen LogP contribution in [0.25, 0.3) is 0 Å². The van der Waals surface area contributed by atoms with Crippen LogP contribution in [0.4, 0.5) is 0 Å². The number of hydrogen-bond acceptors (Lipinski definition) is 4. The maximum atomic E-state index is 10.9. The van der Waals surface area contributed by atoms with E-state index in [1.165, 1.54) is 6.20 Å². The van der Waals surface area contributed by atoms with Gasteiger partial charge in [0.1, 0.15) is 6.10 Å². The summed E-state index contributed by atoms with van der Waals surface area (Å²) in [4.78, 5) is 19.1. The highest BCUT2D eigenvalue weighted by Gasteiger charge is 2.26. The Morgan fingerprint density at radius 3 is 2.88 bits per heavy atom. The smallest absolute Gasteiger partial charge is 0.354 e. The second-order valence-corrected chi connectivity index (χ2v) is 4.08. The van der Waals surface area contributed by atoms with E-state index in [9.17, 15) is 4.79 Å². The fourth-order valence-corrected chi connectivity index (χ4v) is 1.82. The van der Waals surface area contributed by atoms with Crippen LogP contribution in [0.1, 0.15) is 47.7 Å². The summed E-state index contributed by atoms with van der Waals surface area (Å²) in [6, 6.07) is 0. The lowest BCUT2D eigenvalue weighted by atomic mass is 10.2. The van der Waals surface area contributed by atoms with E-state index in [0.717, 1.165) is 12.8 Å². The molecule has 2 rings (SSSR count). The molecular formula is C11H14N2O3. The topological polar surface area (TPSA) is 72.3 Å². The van der Waals surface area contributed by atoms with Crippen molar-refractivity contribution >= 4 is 5.97 Å². The monoisotopic (exact) mass is 222 g/mol. The van der Waals surface area contributed by atoms with Crippen LogP contribution in [0.3, 0.4) is 0 Å². The molecule has 1 aliphatic rings. The Morgan fingerprint density at radius 1 is 1.56 bits per heavy atom. The molecule has 0 saturated carbocycles. The van der Waals surface area contributed by atoms with Gasteiger partial charge in [-0.15, -0.1) is 0 Å². The van der Waals surface area contributed by atoms with Crippen LogP contribution in [0, 0.1) is 6.92 Å². The molecule has 0 bridgehead atoms. The molecule has 1 aromatic heterocycles. The van der Waals surface area contributed by atoms with Gasteiger partial charge in [-0.2, -0.15) is 0 Å². The summed E-state index contributed by atoms with van der Waals surface area (Å²) in [6.45, 7) is 3.68. The Morgan fingerprint density at radius 2 is 2.31 bits per heavy atom. The molecule has 0 amide bonds. The lowest BCUT2D eigenvalue weighted by Crippen LogP contribution is -2.11. The maximum absolute atomic E-state index is 10.9. The van der Waals surface area contributed by atoms with Gasteiger partial charge in [0.25, 0.3) is 0 Å². The fraction of sp³-hybridized carbons (Fsp3) is 0.545. The van der Waals surface area contributed by atoms with Crippen LogP contribution in [-0.2, 0) is 4.74 Å². The van der Waals surface area contributed by atoms with Crippen molar-refractivity contribution in [3.05, 3.63) is 23.3 Å². The van der Waals surface area contributed by atoms with Gasteiger partial charge < -0.3 is 9.84 Å². The average Bonchev–Trinajstić information content (AvgIpc) is 2.65. The summed E-state index contributed by atoms with van der Waals surface area (Å²) in [5, 5.41) is 8.95. The zero-order valence-corrected chi connectivity index (χ0v) is 9.30. The summed E-state index contributed by atoms with van der Waals surface area (Å²) in [5.74, 6) is -0.542. The number of carboxylic acids is 1. The molecule has 0 radical (unpaired) electrons. The first-order valence-corrected chi connectivity index (χ1v) is 5.30. The lowest BCUT2D eigenvalue weighted by Gasteiger charge is -2.10. The van der Waals surface area contributed by atoms with Gasteiger partial charge in [0, 0.05) is 11.8 Å². The van der Waals surface area contributed by atoms with E-state index in [4.69, 9.17) is 9.84 Å². The van der Waals surface area contributed by atoms with E-state index in [0.29, 0.717) is 11.4 Å². The minimum absolute atomic E-state index is 0.0631. The van der Waals surface area contributed by atoms with Crippen LogP contribution < -0.4 is 0 Å². The normalized spacial score (nSPS) is 24.6. The fourth-order valence-electron chi connectivity index (χ4n) is 1.82. The third-order valence-corrected chi connectivity index (χ3v) is 2.71. The highest BCUT2D eigenvalue weighted by Crippen LogP contribution is 2.30. The zero-order valence-electron chi connectivity index (χ0n) is 9.30. The molecule has 1 N–H and O–H groups in total. The SMILES string of the molecule is Cc1cnc(C2CCC(C)O2)nc1C(=O)O. The minimum atomic E-state index is -1.02. The predicted octanol–water partition coefficient (Wildman–Crippen LogP) is 1.72.